The van der Waals surface area contributed by atoms with E-state index in [9.17, 15) is 4.79 Å². The third-order valence-electron chi connectivity index (χ3n) is 4.90. The molecule has 3 rings (SSSR count). The third kappa shape index (κ3) is 5.42. The van der Waals surface area contributed by atoms with Crippen molar-refractivity contribution < 1.29 is 9.53 Å². The van der Waals surface area contributed by atoms with Crippen LogP contribution in [-0.4, -0.2) is 66.2 Å². The maximum Gasteiger partial charge on any atom is 0.321 e. The maximum atomic E-state index is 12.5. The van der Waals surface area contributed by atoms with Crippen LogP contribution in [0, 0.1) is 0 Å². The molecule has 0 aliphatic carbocycles. The number of urea groups is 1. The van der Waals surface area contributed by atoms with E-state index in [4.69, 9.17) is 4.74 Å². The van der Waals surface area contributed by atoms with Gasteiger partial charge in [-0.3, -0.25) is 4.90 Å². The summed E-state index contributed by atoms with van der Waals surface area (Å²) in [6, 6.07) is 8.14. The van der Waals surface area contributed by atoms with Crippen LogP contribution in [0.4, 0.5) is 10.5 Å². The minimum absolute atomic E-state index is 0.00625. The van der Waals surface area contributed by atoms with Crippen molar-refractivity contribution in [3.05, 3.63) is 36.4 Å². The van der Waals surface area contributed by atoms with E-state index in [1.807, 2.05) is 47.9 Å². The van der Waals surface area contributed by atoms with Crippen LogP contribution in [0.5, 0.6) is 5.75 Å². The van der Waals surface area contributed by atoms with E-state index in [0.717, 1.165) is 42.9 Å². The quantitative estimate of drug-likeness (QED) is 0.798. The van der Waals surface area contributed by atoms with Crippen molar-refractivity contribution in [2.24, 2.45) is 0 Å². The fourth-order valence-electron chi connectivity index (χ4n) is 3.42. The fraction of sp³-hybridized carbons (Fsp3) is 0.550. The number of likely N-dealkylation sites (tertiary alicyclic amines) is 1. The summed E-state index contributed by atoms with van der Waals surface area (Å²) in [5, 5.41) is 3.00. The highest BCUT2D eigenvalue weighted by molar-refractivity contribution is 7.99. The van der Waals surface area contributed by atoms with Crippen molar-refractivity contribution in [2.75, 3.05) is 49.6 Å². The van der Waals surface area contributed by atoms with Crippen LogP contribution in [-0.2, 0) is 0 Å². The van der Waals surface area contributed by atoms with E-state index in [-0.39, 0.29) is 6.03 Å². The number of ether oxygens (including phenoxy) is 1. The molecule has 2 aliphatic rings. The lowest BCUT2D eigenvalue weighted by atomic mass is 10.0. The van der Waals surface area contributed by atoms with Crippen LogP contribution in [0.25, 0.3) is 0 Å². The molecule has 0 radical (unpaired) electrons. The van der Waals surface area contributed by atoms with Gasteiger partial charge in [0.15, 0.2) is 0 Å². The second kappa shape index (κ2) is 9.33. The van der Waals surface area contributed by atoms with Gasteiger partial charge in [0.1, 0.15) is 12.4 Å². The Labute approximate surface area is 160 Å². The molecule has 6 heteroatoms. The van der Waals surface area contributed by atoms with Gasteiger partial charge in [-0.05, 0) is 49.6 Å². The first-order valence-corrected chi connectivity index (χ1v) is 10.5. The van der Waals surface area contributed by atoms with Crippen molar-refractivity contribution in [2.45, 2.75) is 25.8 Å². The molecule has 26 heavy (non-hydrogen) atoms. The SMILES string of the molecule is C=C(C)COc1ccc(NC(=O)N2CCC(N3CCSCC3)CC2)cc1. The lowest BCUT2D eigenvalue weighted by molar-refractivity contribution is 0.130. The maximum absolute atomic E-state index is 12.5. The van der Waals surface area contributed by atoms with Gasteiger partial charge in [-0.25, -0.2) is 4.79 Å². The predicted octanol–water partition coefficient (Wildman–Crippen LogP) is 3.69. The van der Waals surface area contributed by atoms with Crippen molar-refractivity contribution in [1.82, 2.24) is 9.80 Å². The van der Waals surface area contributed by atoms with Gasteiger partial charge >= 0.3 is 6.03 Å². The van der Waals surface area contributed by atoms with E-state index in [0.29, 0.717) is 12.6 Å². The number of amides is 2. The van der Waals surface area contributed by atoms with Crippen LogP contribution in [0.3, 0.4) is 0 Å². The van der Waals surface area contributed by atoms with Crippen LogP contribution in [0.1, 0.15) is 19.8 Å². The highest BCUT2D eigenvalue weighted by atomic mass is 32.2. The molecule has 142 valence electrons. The smallest absolute Gasteiger partial charge is 0.321 e. The summed E-state index contributed by atoms with van der Waals surface area (Å²) in [4.78, 5) is 17.0. The molecule has 1 aromatic rings. The summed E-state index contributed by atoms with van der Waals surface area (Å²) in [6.45, 7) is 10.3. The highest BCUT2D eigenvalue weighted by Gasteiger charge is 2.27. The predicted molar refractivity (Wildman–Crippen MR) is 109 cm³/mol. The number of benzene rings is 1. The van der Waals surface area contributed by atoms with Gasteiger partial charge in [-0.1, -0.05) is 6.58 Å². The average Bonchev–Trinajstić information content (AvgIpc) is 2.68. The van der Waals surface area contributed by atoms with Crippen LogP contribution in [0.15, 0.2) is 36.4 Å². The van der Waals surface area contributed by atoms with Crippen LogP contribution >= 0.6 is 11.8 Å². The fourth-order valence-corrected chi connectivity index (χ4v) is 4.35. The summed E-state index contributed by atoms with van der Waals surface area (Å²) in [7, 11) is 0. The molecular weight excluding hydrogens is 346 g/mol. The van der Waals surface area contributed by atoms with E-state index in [1.54, 1.807) is 0 Å². The summed E-state index contributed by atoms with van der Waals surface area (Å²) < 4.78 is 5.58. The number of anilines is 1. The zero-order valence-electron chi connectivity index (χ0n) is 15.6. The van der Waals surface area contributed by atoms with Gasteiger partial charge in [0.2, 0.25) is 0 Å². The Balaban J connectivity index is 1.44. The van der Waals surface area contributed by atoms with E-state index < -0.39 is 0 Å². The molecule has 1 aromatic carbocycles. The second-order valence-corrected chi connectivity index (χ2v) is 8.29. The molecule has 0 atom stereocenters. The Morgan fingerprint density at radius 3 is 2.46 bits per heavy atom. The molecule has 2 fully saturated rings. The van der Waals surface area contributed by atoms with Gasteiger partial charge < -0.3 is 15.0 Å². The standard InChI is InChI=1S/C20H29N3O2S/c1-16(2)15-25-19-5-3-17(4-6-19)21-20(24)23-9-7-18(8-10-23)22-11-13-26-14-12-22/h3-6,18H,1,7-15H2,2H3,(H,21,24). The van der Waals surface area contributed by atoms with E-state index in [1.165, 1.54) is 24.6 Å². The molecule has 0 spiro atoms. The van der Waals surface area contributed by atoms with Gasteiger partial charge in [-0.15, -0.1) is 0 Å². The Bertz CT molecular complexity index is 606. The monoisotopic (exact) mass is 375 g/mol. The number of hydrogen-bond donors (Lipinski definition) is 1. The average molecular weight is 376 g/mol. The Kier molecular flexibility index (Phi) is 6.86. The van der Waals surface area contributed by atoms with Gasteiger partial charge in [-0.2, -0.15) is 11.8 Å². The van der Waals surface area contributed by atoms with Crippen molar-refractivity contribution in [1.29, 1.82) is 0 Å². The molecule has 2 saturated heterocycles. The lowest BCUT2D eigenvalue weighted by Gasteiger charge is -2.40. The number of rotatable bonds is 5. The second-order valence-electron chi connectivity index (χ2n) is 7.07. The number of hydrogen-bond acceptors (Lipinski definition) is 4. The largest absolute Gasteiger partial charge is 0.489 e. The molecular formula is C20H29N3O2S. The van der Waals surface area contributed by atoms with Gasteiger partial charge in [0.25, 0.3) is 0 Å². The molecule has 1 N–H and O–H groups in total. The molecule has 0 unspecified atom stereocenters. The third-order valence-corrected chi connectivity index (χ3v) is 5.85. The highest BCUT2D eigenvalue weighted by Crippen LogP contribution is 2.22. The summed E-state index contributed by atoms with van der Waals surface area (Å²) >= 11 is 2.05. The molecule has 0 saturated carbocycles. The van der Waals surface area contributed by atoms with Crippen LogP contribution in [0.2, 0.25) is 0 Å². The number of piperidine rings is 1. The Morgan fingerprint density at radius 1 is 1.19 bits per heavy atom. The first-order chi connectivity index (χ1) is 12.6. The molecule has 2 heterocycles. The lowest BCUT2D eigenvalue weighted by Crippen LogP contribution is -2.49. The van der Waals surface area contributed by atoms with Gasteiger partial charge in [0, 0.05) is 49.4 Å². The summed E-state index contributed by atoms with van der Waals surface area (Å²) in [6.07, 6.45) is 2.15. The Morgan fingerprint density at radius 2 is 1.85 bits per heavy atom. The number of carbonyl (C=O) groups excluding carboxylic acids is 1. The number of thioether (sulfide) groups is 1. The Hall–Kier alpha value is -1.66. The van der Waals surface area contributed by atoms with E-state index >= 15 is 0 Å². The number of nitrogens with zero attached hydrogens (tertiary/aromatic N) is 2. The minimum atomic E-state index is -0.00625. The van der Waals surface area contributed by atoms with Crippen molar-refractivity contribution >= 4 is 23.5 Å². The first kappa shape index (κ1) is 19.1. The van der Waals surface area contributed by atoms with Crippen molar-refractivity contribution in [3.63, 3.8) is 0 Å². The topological polar surface area (TPSA) is 44.8 Å². The number of nitrogens with one attached hydrogen (secondary N) is 1. The zero-order valence-corrected chi connectivity index (χ0v) is 16.4. The normalized spacial score (nSPS) is 19.2. The molecule has 2 amide bonds. The number of carbonyl (C=O) groups is 1. The molecule has 0 aromatic heterocycles. The summed E-state index contributed by atoms with van der Waals surface area (Å²) in [5.41, 5.74) is 1.78. The molecule has 2 aliphatic heterocycles. The first-order valence-electron chi connectivity index (χ1n) is 9.37. The van der Waals surface area contributed by atoms with Gasteiger partial charge in [0.05, 0.1) is 0 Å². The minimum Gasteiger partial charge on any atom is -0.489 e. The zero-order chi connectivity index (χ0) is 18.4. The van der Waals surface area contributed by atoms with E-state index in [2.05, 4.69) is 16.8 Å². The van der Waals surface area contributed by atoms with Crippen LogP contribution < -0.4 is 10.1 Å². The molecule has 0 bridgehead atoms. The summed E-state index contributed by atoms with van der Waals surface area (Å²) in [5.74, 6) is 3.27. The van der Waals surface area contributed by atoms with Crippen molar-refractivity contribution in [3.8, 4) is 5.75 Å². The molecule has 5 nitrogen and oxygen atoms in total.